The number of hydrogen-bond donors (Lipinski definition) is 1. The van der Waals surface area contributed by atoms with Gasteiger partial charge in [0.2, 0.25) is 5.91 Å². The monoisotopic (exact) mass is 553 g/mol. The van der Waals surface area contributed by atoms with Crippen LogP contribution in [0.1, 0.15) is 114 Å². The van der Waals surface area contributed by atoms with Crippen LogP contribution in [0.15, 0.2) is 30.3 Å². The zero-order valence-corrected chi connectivity index (χ0v) is 24.3. The van der Waals surface area contributed by atoms with Gasteiger partial charge in [-0.05, 0) is 25.0 Å². The molecule has 0 bridgehead atoms. The van der Waals surface area contributed by atoms with E-state index < -0.39 is 25.9 Å². The summed E-state index contributed by atoms with van der Waals surface area (Å²) in [6.07, 6.45) is 16.0. The van der Waals surface area contributed by atoms with Crippen LogP contribution in [-0.2, 0) is 27.7 Å². The predicted octanol–water partition coefficient (Wildman–Crippen LogP) is 7.37. The van der Waals surface area contributed by atoms with Crippen LogP contribution in [0.5, 0.6) is 0 Å². The second-order valence-corrected chi connectivity index (χ2v) is 11.7. The Morgan fingerprint density at radius 2 is 1.39 bits per heavy atom. The highest BCUT2D eigenvalue weighted by molar-refractivity contribution is 7.48. The molecule has 2 atom stereocenters. The third-order valence-electron chi connectivity index (χ3n) is 6.69. The number of amides is 1. The molecule has 0 saturated carbocycles. The van der Waals surface area contributed by atoms with E-state index in [0.29, 0.717) is 12.0 Å². The lowest BCUT2D eigenvalue weighted by Gasteiger charge is -2.28. The summed E-state index contributed by atoms with van der Waals surface area (Å²) < 4.78 is 34.0. The molecular formula is C29H48NO7P. The van der Waals surface area contributed by atoms with Gasteiger partial charge in [-0.3, -0.25) is 18.4 Å². The first kappa shape index (κ1) is 32.5. The Labute approximate surface area is 229 Å². The maximum absolute atomic E-state index is 12.8. The summed E-state index contributed by atoms with van der Waals surface area (Å²) in [5.74, 6) is -0.767. The summed E-state index contributed by atoms with van der Waals surface area (Å²) in [4.78, 5) is 24.8. The topological polar surface area (TPSA) is 100 Å². The Hall–Kier alpha value is -1.73. The van der Waals surface area contributed by atoms with Crippen molar-refractivity contribution in [3.8, 4) is 0 Å². The number of ether oxygens (including phenoxy) is 1. The molecule has 2 rings (SSSR count). The molecule has 38 heavy (non-hydrogen) atoms. The van der Waals surface area contributed by atoms with E-state index in [9.17, 15) is 14.2 Å². The average molecular weight is 554 g/mol. The van der Waals surface area contributed by atoms with Crippen molar-refractivity contribution in [2.45, 2.75) is 116 Å². The second kappa shape index (κ2) is 19.3. The summed E-state index contributed by atoms with van der Waals surface area (Å²) in [5, 5.41) is 2.80. The van der Waals surface area contributed by atoms with Crippen LogP contribution in [0.3, 0.4) is 0 Å². The number of carbonyl (C=O) groups is 2. The summed E-state index contributed by atoms with van der Waals surface area (Å²) in [5.41, 5.74) is 0.431. The molecule has 0 spiro atoms. The van der Waals surface area contributed by atoms with Crippen LogP contribution < -0.4 is 5.32 Å². The molecule has 1 saturated heterocycles. The molecular weight excluding hydrogens is 505 g/mol. The third kappa shape index (κ3) is 13.9. The fourth-order valence-corrected chi connectivity index (χ4v) is 5.73. The number of hydrogen-bond acceptors (Lipinski definition) is 7. The zero-order valence-electron chi connectivity index (χ0n) is 23.4. The van der Waals surface area contributed by atoms with E-state index in [0.717, 1.165) is 19.3 Å². The molecule has 1 aromatic carbocycles. The Morgan fingerprint density at radius 1 is 0.868 bits per heavy atom. The number of carbonyl (C=O) groups excluding carboxylic acids is 2. The van der Waals surface area contributed by atoms with Gasteiger partial charge in [0.1, 0.15) is 6.10 Å². The van der Waals surface area contributed by atoms with Gasteiger partial charge in [0.25, 0.3) is 0 Å². The average Bonchev–Trinajstić information content (AvgIpc) is 3.35. The molecule has 216 valence electrons. The van der Waals surface area contributed by atoms with Crippen LogP contribution in [0.2, 0.25) is 0 Å². The Balaban J connectivity index is 1.81. The number of benzene rings is 1. The van der Waals surface area contributed by atoms with Crippen molar-refractivity contribution in [1.82, 2.24) is 5.32 Å². The van der Waals surface area contributed by atoms with Crippen LogP contribution in [0, 0.1) is 0 Å². The first-order valence-corrected chi connectivity index (χ1v) is 16.0. The molecule has 9 heteroatoms. The zero-order chi connectivity index (χ0) is 27.5. The predicted molar refractivity (Wildman–Crippen MR) is 149 cm³/mol. The molecule has 1 amide bonds. The Kier molecular flexibility index (Phi) is 16.5. The second-order valence-electron chi connectivity index (χ2n) is 10.1. The number of esters is 1. The SMILES string of the molecule is CCCCCCCCCCCCCCC[C@@H](OC(=O)c1ccccc1)[C@H](COP1(=O)OCCO1)NC(C)=O. The van der Waals surface area contributed by atoms with Crippen molar-refractivity contribution in [1.29, 1.82) is 0 Å². The van der Waals surface area contributed by atoms with E-state index in [1.54, 1.807) is 24.3 Å². The lowest BCUT2D eigenvalue weighted by Crippen LogP contribution is -2.47. The van der Waals surface area contributed by atoms with Crippen molar-refractivity contribution in [2.24, 2.45) is 0 Å². The lowest BCUT2D eigenvalue weighted by atomic mass is 10.0. The van der Waals surface area contributed by atoms with Gasteiger partial charge in [-0.2, -0.15) is 0 Å². The largest absolute Gasteiger partial charge is 0.475 e. The maximum atomic E-state index is 12.8. The smallest absolute Gasteiger partial charge is 0.456 e. The molecule has 0 unspecified atom stereocenters. The van der Waals surface area contributed by atoms with E-state index in [2.05, 4.69) is 12.2 Å². The van der Waals surface area contributed by atoms with Crippen molar-refractivity contribution in [3.63, 3.8) is 0 Å². The highest BCUT2D eigenvalue weighted by Crippen LogP contribution is 2.52. The summed E-state index contributed by atoms with van der Waals surface area (Å²) in [6.45, 7) is 3.86. The minimum Gasteiger partial charge on any atom is -0.456 e. The summed E-state index contributed by atoms with van der Waals surface area (Å²) >= 11 is 0. The van der Waals surface area contributed by atoms with Gasteiger partial charge >= 0.3 is 13.8 Å². The van der Waals surface area contributed by atoms with E-state index in [-0.39, 0.29) is 25.7 Å². The van der Waals surface area contributed by atoms with Gasteiger partial charge in [0.15, 0.2) is 0 Å². The number of unbranched alkanes of at least 4 members (excludes halogenated alkanes) is 12. The normalized spacial score (nSPS) is 16.2. The number of phosphoric ester groups is 1. The Bertz CT molecular complexity index is 825. The first-order valence-electron chi connectivity index (χ1n) is 14.5. The highest BCUT2D eigenvalue weighted by atomic mass is 31.2. The van der Waals surface area contributed by atoms with Gasteiger partial charge in [-0.15, -0.1) is 0 Å². The van der Waals surface area contributed by atoms with Crippen molar-refractivity contribution >= 4 is 19.7 Å². The Morgan fingerprint density at radius 3 is 1.92 bits per heavy atom. The molecule has 8 nitrogen and oxygen atoms in total. The molecule has 1 heterocycles. The number of phosphoric acid groups is 1. The van der Waals surface area contributed by atoms with Gasteiger partial charge < -0.3 is 10.1 Å². The van der Waals surface area contributed by atoms with E-state index in [1.807, 2.05) is 6.07 Å². The fourth-order valence-electron chi connectivity index (χ4n) is 4.57. The number of nitrogens with one attached hydrogen (secondary N) is 1. The van der Waals surface area contributed by atoms with Gasteiger partial charge in [-0.25, -0.2) is 9.36 Å². The molecule has 0 radical (unpaired) electrons. The first-order chi connectivity index (χ1) is 18.4. The quantitative estimate of drug-likeness (QED) is 0.0963. The van der Waals surface area contributed by atoms with E-state index in [1.165, 1.54) is 71.1 Å². The standard InChI is InChI=1S/C29H48NO7P/c1-3-4-5-6-7-8-9-10-11-12-13-14-18-21-28(37-29(32)26-19-16-15-17-20-26)27(30-25(2)31)24-36-38(33)34-22-23-35-38/h15-17,19-20,27-28H,3-14,18,21-24H2,1-2H3,(H,30,31)/t27-,28+/m0/s1. The fraction of sp³-hybridized carbons (Fsp3) is 0.724. The van der Waals surface area contributed by atoms with Crippen molar-refractivity contribution in [2.75, 3.05) is 19.8 Å². The van der Waals surface area contributed by atoms with Gasteiger partial charge in [-0.1, -0.05) is 102 Å². The molecule has 1 aliphatic heterocycles. The molecule has 0 aromatic heterocycles. The van der Waals surface area contributed by atoms with E-state index in [4.69, 9.17) is 18.3 Å². The molecule has 0 aliphatic carbocycles. The van der Waals surface area contributed by atoms with Crippen LogP contribution in [0.4, 0.5) is 0 Å². The summed E-state index contributed by atoms with van der Waals surface area (Å²) in [7, 11) is -3.65. The summed E-state index contributed by atoms with van der Waals surface area (Å²) in [6, 6.07) is 8.06. The van der Waals surface area contributed by atoms with Gasteiger partial charge in [0.05, 0.1) is 31.4 Å². The van der Waals surface area contributed by atoms with Gasteiger partial charge in [0, 0.05) is 6.92 Å². The maximum Gasteiger partial charge on any atom is 0.475 e. The van der Waals surface area contributed by atoms with Crippen LogP contribution >= 0.6 is 7.82 Å². The minimum absolute atomic E-state index is 0.151. The lowest BCUT2D eigenvalue weighted by molar-refractivity contribution is -0.121. The molecule has 1 N–H and O–H groups in total. The molecule has 1 aliphatic rings. The van der Waals surface area contributed by atoms with Crippen LogP contribution in [-0.4, -0.2) is 43.8 Å². The molecule has 1 aromatic rings. The van der Waals surface area contributed by atoms with Crippen LogP contribution in [0.25, 0.3) is 0 Å². The number of rotatable bonds is 21. The van der Waals surface area contributed by atoms with Crippen molar-refractivity contribution in [3.05, 3.63) is 35.9 Å². The van der Waals surface area contributed by atoms with Crippen molar-refractivity contribution < 1.29 is 32.5 Å². The van der Waals surface area contributed by atoms with E-state index >= 15 is 0 Å². The highest BCUT2D eigenvalue weighted by Gasteiger charge is 2.35. The minimum atomic E-state index is -3.65. The molecule has 1 fully saturated rings. The third-order valence-corrected chi connectivity index (χ3v) is 8.15.